The Labute approximate surface area is 285 Å². The van der Waals surface area contributed by atoms with Gasteiger partial charge in [0.15, 0.2) is 9.84 Å². The van der Waals surface area contributed by atoms with Crippen LogP contribution in [0, 0.1) is 28.8 Å². The Morgan fingerprint density at radius 1 is 0.824 bits per heavy atom. The quantitative estimate of drug-likeness (QED) is 0.130. The minimum absolute atomic E-state index is 0.191. The molecule has 5 rings (SSSR count). The van der Waals surface area contributed by atoms with E-state index >= 15 is 0 Å². The number of carbonyl (C=O) groups is 1. The molecule has 0 spiro atoms. The molecule has 0 aliphatic carbocycles. The zero-order chi connectivity index (χ0) is 37.4. The molecule has 0 radical (unpaired) electrons. The van der Waals surface area contributed by atoms with Gasteiger partial charge < -0.3 is 9.64 Å². The highest BCUT2D eigenvalue weighted by Gasteiger charge is 2.73. The Hall–Kier alpha value is -4.88. The van der Waals surface area contributed by atoms with Crippen molar-refractivity contribution >= 4 is 15.7 Å². The lowest BCUT2D eigenvalue weighted by atomic mass is 9.88. The van der Waals surface area contributed by atoms with E-state index in [0.717, 1.165) is 42.5 Å². The second-order valence-electron chi connectivity index (χ2n) is 11.7. The Morgan fingerprint density at radius 3 is 1.92 bits per heavy atom. The number of benzene rings is 4. The predicted octanol–water partition coefficient (Wildman–Crippen LogP) is 7.66. The summed E-state index contributed by atoms with van der Waals surface area (Å²) in [6.45, 7) is -2.55. The van der Waals surface area contributed by atoms with E-state index in [1.165, 1.54) is 29.2 Å². The monoisotopic (exact) mass is 740 g/mol. The number of ether oxygens (including phenoxy) is 1. The van der Waals surface area contributed by atoms with Gasteiger partial charge in [0.05, 0.1) is 29.6 Å². The molecule has 1 aliphatic heterocycles. The smallest absolute Gasteiger partial charge is 0.349 e. The summed E-state index contributed by atoms with van der Waals surface area (Å²) < 4.78 is 160. The fourth-order valence-corrected chi connectivity index (χ4v) is 8.10. The minimum atomic E-state index is -6.24. The second-order valence-corrected chi connectivity index (χ2v) is 14.0. The van der Waals surface area contributed by atoms with Gasteiger partial charge in [0.1, 0.15) is 22.2 Å². The molecule has 4 aromatic rings. The van der Waals surface area contributed by atoms with Crippen LogP contribution >= 0.6 is 0 Å². The van der Waals surface area contributed by atoms with Crippen molar-refractivity contribution in [2.75, 3.05) is 13.1 Å². The molecule has 6 nitrogen and oxygen atoms in total. The number of halogens is 9. The summed E-state index contributed by atoms with van der Waals surface area (Å²) >= 11 is 0. The van der Waals surface area contributed by atoms with Crippen molar-refractivity contribution in [1.82, 2.24) is 4.90 Å². The Kier molecular flexibility index (Phi) is 10.0. The van der Waals surface area contributed by atoms with Crippen molar-refractivity contribution < 1.29 is 57.5 Å². The number of rotatable bonds is 9. The van der Waals surface area contributed by atoms with Crippen LogP contribution < -0.4 is 0 Å². The topological polar surface area (TPSA) is 87.5 Å². The van der Waals surface area contributed by atoms with Crippen LogP contribution in [0.4, 0.5) is 39.5 Å². The van der Waals surface area contributed by atoms with Crippen molar-refractivity contribution in [2.24, 2.45) is 0 Å². The first-order chi connectivity index (χ1) is 23.9. The molecule has 1 aliphatic rings. The molecule has 1 atom stereocenters. The van der Waals surface area contributed by atoms with Gasteiger partial charge in [-0.05, 0) is 66.1 Å². The number of hydrogen-bond donors (Lipinski definition) is 0. The Balaban J connectivity index is 1.58. The van der Waals surface area contributed by atoms with Crippen LogP contribution in [0.1, 0.15) is 34.2 Å². The third-order valence-corrected chi connectivity index (χ3v) is 11.3. The molecule has 4 aromatic carbocycles. The van der Waals surface area contributed by atoms with Crippen LogP contribution in [-0.4, -0.2) is 44.7 Å². The van der Waals surface area contributed by atoms with Crippen molar-refractivity contribution in [2.45, 2.75) is 47.0 Å². The van der Waals surface area contributed by atoms with Gasteiger partial charge in [-0.25, -0.2) is 21.6 Å². The molecule has 0 aromatic heterocycles. The van der Waals surface area contributed by atoms with Crippen LogP contribution in [0.5, 0.6) is 0 Å². The zero-order valence-corrected chi connectivity index (χ0v) is 26.8. The van der Waals surface area contributed by atoms with E-state index in [1.54, 1.807) is 0 Å². The highest BCUT2D eigenvalue weighted by atomic mass is 32.2. The largest absolute Gasteiger partial charge is 0.430 e. The molecule has 1 fully saturated rings. The molecule has 0 unspecified atom stereocenters. The predicted molar refractivity (Wildman–Crippen MR) is 163 cm³/mol. The SMILES string of the molecule is N#Cc1ccc(CC(=O)N2CC[C@](c3ccc(C(OCc4c(F)cccc4F)(C(F)(F)F)C(F)(F)F)cc3)(S(=O)(=O)c3ccc(F)cc3)C2)cc1. The molecule has 0 N–H and O–H groups in total. The molecular weight excluding hydrogens is 715 g/mol. The summed E-state index contributed by atoms with van der Waals surface area (Å²) in [4.78, 5) is 14.1. The summed E-state index contributed by atoms with van der Waals surface area (Å²) in [7, 11) is -4.63. The van der Waals surface area contributed by atoms with Gasteiger partial charge in [-0.3, -0.25) is 4.79 Å². The second kappa shape index (κ2) is 13.7. The third kappa shape index (κ3) is 6.79. The van der Waals surface area contributed by atoms with Crippen LogP contribution in [-0.2, 0) is 42.7 Å². The number of likely N-dealkylation sites (tertiary alicyclic amines) is 1. The van der Waals surface area contributed by atoms with Gasteiger partial charge in [-0.15, -0.1) is 0 Å². The molecule has 1 saturated heterocycles. The fraction of sp³-hybridized carbons (Fsp3) is 0.257. The van der Waals surface area contributed by atoms with Gasteiger partial charge in [0.25, 0.3) is 5.60 Å². The number of alkyl halides is 6. The van der Waals surface area contributed by atoms with Crippen LogP contribution in [0.3, 0.4) is 0 Å². The number of nitriles is 1. The van der Waals surface area contributed by atoms with Crippen molar-refractivity contribution in [1.29, 1.82) is 5.26 Å². The third-order valence-electron chi connectivity index (χ3n) is 8.77. The lowest BCUT2D eigenvalue weighted by Crippen LogP contribution is -2.56. The number of hydrogen-bond acceptors (Lipinski definition) is 5. The van der Waals surface area contributed by atoms with Gasteiger partial charge in [-0.2, -0.15) is 31.6 Å². The number of amides is 1. The molecular formula is C35H25F9N2O4S. The van der Waals surface area contributed by atoms with E-state index in [-0.39, 0.29) is 24.9 Å². The Bertz CT molecular complexity index is 2030. The minimum Gasteiger partial charge on any atom is -0.349 e. The molecule has 0 bridgehead atoms. The number of nitrogens with zero attached hydrogens (tertiary/aromatic N) is 2. The van der Waals surface area contributed by atoms with E-state index in [1.807, 2.05) is 6.07 Å². The highest BCUT2D eigenvalue weighted by Crippen LogP contribution is 2.54. The maximum Gasteiger partial charge on any atom is 0.430 e. The molecule has 51 heavy (non-hydrogen) atoms. The molecule has 1 heterocycles. The number of carbonyl (C=O) groups excluding carboxylic acids is 1. The van der Waals surface area contributed by atoms with Gasteiger partial charge in [0.2, 0.25) is 5.91 Å². The number of sulfone groups is 1. The molecule has 1 amide bonds. The van der Waals surface area contributed by atoms with E-state index in [9.17, 15) is 52.7 Å². The molecule has 268 valence electrons. The van der Waals surface area contributed by atoms with Crippen molar-refractivity contribution in [3.05, 3.63) is 136 Å². The Morgan fingerprint density at radius 2 is 1.39 bits per heavy atom. The van der Waals surface area contributed by atoms with E-state index in [4.69, 9.17) is 5.26 Å². The lowest BCUT2D eigenvalue weighted by molar-refractivity contribution is -0.392. The summed E-state index contributed by atoms with van der Waals surface area (Å²) in [5.41, 5.74) is -7.35. The molecule has 16 heteroatoms. The van der Waals surface area contributed by atoms with E-state index in [2.05, 4.69) is 4.74 Å². The summed E-state index contributed by atoms with van der Waals surface area (Å²) in [6, 6.07) is 15.8. The van der Waals surface area contributed by atoms with Gasteiger partial charge in [-0.1, -0.05) is 42.5 Å². The van der Waals surface area contributed by atoms with E-state index < -0.39 is 85.1 Å². The first kappa shape index (κ1) is 37.4. The van der Waals surface area contributed by atoms with Crippen molar-refractivity contribution in [3.63, 3.8) is 0 Å². The lowest BCUT2D eigenvalue weighted by Gasteiger charge is -2.38. The van der Waals surface area contributed by atoms with Gasteiger partial charge in [0, 0.05) is 24.2 Å². The highest BCUT2D eigenvalue weighted by molar-refractivity contribution is 7.92. The van der Waals surface area contributed by atoms with Crippen molar-refractivity contribution in [3.8, 4) is 6.07 Å². The fourth-order valence-electron chi connectivity index (χ4n) is 6.02. The normalized spacial score (nSPS) is 17.0. The zero-order valence-electron chi connectivity index (χ0n) is 26.0. The maximum atomic E-state index is 14.5. The standard InChI is InChI=1S/C35H25F9N2O4S/c36-26-12-14-27(15-13-26)51(48,49)32(16-17-46(21-32)31(47)18-22-4-6-23(19-45)7-5-22)24-8-10-25(11-9-24)33(34(39,40)41,35(42,43)44)50-20-28-29(37)2-1-3-30(28)38/h1-15H,16-18,20-21H2/t32-/m0/s1. The maximum absolute atomic E-state index is 14.5. The van der Waals surface area contributed by atoms with Gasteiger partial charge >= 0.3 is 12.4 Å². The summed E-state index contributed by atoms with van der Waals surface area (Å²) in [6.07, 6.45) is -13.1. The first-order valence-electron chi connectivity index (χ1n) is 14.9. The van der Waals surface area contributed by atoms with Crippen LogP contribution in [0.25, 0.3) is 0 Å². The first-order valence-corrected chi connectivity index (χ1v) is 16.4. The molecule has 0 saturated carbocycles. The van der Waals surface area contributed by atoms with E-state index in [0.29, 0.717) is 35.4 Å². The van der Waals surface area contributed by atoms with Crippen LogP contribution in [0.2, 0.25) is 0 Å². The van der Waals surface area contributed by atoms with Crippen LogP contribution in [0.15, 0.2) is 95.9 Å². The summed E-state index contributed by atoms with van der Waals surface area (Å²) in [5.74, 6) is -4.24. The average Bonchev–Trinajstić information content (AvgIpc) is 3.54. The summed E-state index contributed by atoms with van der Waals surface area (Å²) in [5, 5.41) is 9.02. The average molecular weight is 741 g/mol.